The number of nitrogens with zero attached hydrogens (tertiary/aromatic N) is 2. The molecule has 8 heteroatoms. The van der Waals surface area contributed by atoms with Gasteiger partial charge in [-0.2, -0.15) is 0 Å². The number of carbonyl (C=O) groups is 1. The van der Waals surface area contributed by atoms with E-state index in [9.17, 15) is 4.79 Å². The highest BCUT2D eigenvalue weighted by molar-refractivity contribution is 5.89. The van der Waals surface area contributed by atoms with E-state index < -0.39 is 5.91 Å². The van der Waals surface area contributed by atoms with Gasteiger partial charge in [-0.25, -0.2) is 4.99 Å². The molecule has 0 saturated carbocycles. The highest BCUT2D eigenvalue weighted by Crippen LogP contribution is 2.09. The molecule has 1 aromatic rings. The van der Waals surface area contributed by atoms with Gasteiger partial charge in [-0.15, -0.1) is 0 Å². The van der Waals surface area contributed by atoms with Crippen molar-refractivity contribution in [1.29, 1.82) is 0 Å². The number of guanidine groups is 1. The summed E-state index contributed by atoms with van der Waals surface area (Å²) < 4.78 is 11.2. The molecule has 1 aliphatic heterocycles. The molecular formula is C18H31N5O3. The monoisotopic (exact) mass is 365 g/mol. The molecule has 0 aliphatic carbocycles. The Morgan fingerprint density at radius 1 is 1.42 bits per heavy atom. The molecule has 1 unspecified atom stereocenters. The first-order valence-corrected chi connectivity index (χ1v) is 9.22. The van der Waals surface area contributed by atoms with E-state index in [1.165, 1.54) is 0 Å². The fourth-order valence-corrected chi connectivity index (χ4v) is 2.89. The van der Waals surface area contributed by atoms with E-state index >= 15 is 0 Å². The Balaban J connectivity index is 1.85. The highest BCUT2D eigenvalue weighted by Gasteiger charge is 2.21. The molecule has 1 amide bonds. The summed E-state index contributed by atoms with van der Waals surface area (Å²) in [5.41, 5.74) is 5.19. The van der Waals surface area contributed by atoms with E-state index in [1.54, 1.807) is 12.1 Å². The highest BCUT2D eigenvalue weighted by atomic mass is 16.5. The topological polar surface area (TPSA) is 105 Å². The molecule has 1 aliphatic rings. The van der Waals surface area contributed by atoms with E-state index in [1.807, 2.05) is 6.92 Å². The van der Waals surface area contributed by atoms with Gasteiger partial charge in [0.15, 0.2) is 11.7 Å². The number of primary amides is 1. The molecule has 146 valence electrons. The van der Waals surface area contributed by atoms with Gasteiger partial charge >= 0.3 is 0 Å². The van der Waals surface area contributed by atoms with Crippen LogP contribution in [0.15, 0.2) is 21.5 Å². The van der Waals surface area contributed by atoms with Crippen molar-refractivity contribution in [2.75, 3.05) is 39.3 Å². The second kappa shape index (κ2) is 10.2. The van der Waals surface area contributed by atoms with E-state index in [0.717, 1.165) is 32.8 Å². The molecule has 0 spiro atoms. The zero-order valence-electron chi connectivity index (χ0n) is 16.0. The first-order chi connectivity index (χ1) is 12.5. The number of carbonyl (C=O) groups excluding carboxylic acids is 1. The lowest BCUT2D eigenvalue weighted by molar-refractivity contribution is -0.0284. The first kappa shape index (κ1) is 20.3. The molecule has 0 radical (unpaired) electrons. The Morgan fingerprint density at radius 2 is 2.23 bits per heavy atom. The number of hydrogen-bond acceptors (Lipinski definition) is 5. The molecule has 0 bridgehead atoms. The number of hydrogen-bond donors (Lipinski definition) is 3. The van der Waals surface area contributed by atoms with E-state index in [4.69, 9.17) is 14.9 Å². The van der Waals surface area contributed by atoms with Crippen molar-refractivity contribution >= 4 is 11.9 Å². The van der Waals surface area contributed by atoms with Crippen LogP contribution in [0.3, 0.4) is 0 Å². The number of morpholine rings is 1. The summed E-state index contributed by atoms with van der Waals surface area (Å²) in [6.45, 7) is 12.0. The van der Waals surface area contributed by atoms with Gasteiger partial charge < -0.3 is 25.5 Å². The van der Waals surface area contributed by atoms with Crippen LogP contribution in [0.2, 0.25) is 0 Å². The summed E-state index contributed by atoms with van der Waals surface area (Å²) in [6, 6.07) is 3.27. The van der Waals surface area contributed by atoms with Crippen LogP contribution in [-0.4, -0.2) is 62.2 Å². The van der Waals surface area contributed by atoms with Gasteiger partial charge in [0.2, 0.25) is 0 Å². The molecule has 26 heavy (non-hydrogen) atoms. The minimum Gasteiger partial charge on any atom is -0.454 e. The lowest BCUT2D eigenvalue weighted by Gasteiger charge is -2.34. The largest absolute Gasteiger partial charge is 0.454 e. The zero-order chi connectivity index (χ0) is 18.9. The third-order valence-electron chi connectivity index (χ3n) is 3.99. The SMILES string of the molecule is CCNC(=NCc1ccc(C(N)=O)o1)NCC1CN(CC(C)C)CCO1. The average Bonchev–Trinajstić information content (AvgIpc) is 3.06. The molecule has 2 rings (SSSR count). The molecule has 1 fully saturated rings. The minimum atomic E-state index is -0.578. The van der Waals surface area contributed by atoms with Crippen molar-refractivity contribution in [1.82, 2.24) is 15.5 Å². The van der Waals surface area contributed by atoms with Gasteiger partial charge in [0.1, 0.15) is 12.3 Å². The number of aliphatic imine (C=N–C) groups is 1. The van der Waals surface area contributed by atoms with Gasteiger partial charge in [-0.05, 0) is 25.0 Å². The van der Waals surface area contributed by atoms with Gasteiger partial charge in [0.05, 0.1) is 12.7 Å². The van der Waals surface area contributed by atoms with E-state index in [0.29, 0.717) is 30.7 Å². The number of amides is 1. The Bertz CT molecular complexity index is 599. The normalized spacial score (nSPS) is 18.9. The van der Waals surface area contributed by atoms with Gasteiger partial charge in [0, 0.05) is 32.7 Å². The Kier molecular flexibility index (Phi) is 7.93. The fraction of sp³-hybridized carbons (Fsp3) is 0.667. The van der Waals surface area contributed by atoms with E-state index in [2.05, 4.69) is 34.4 Å². The Hall–Kier alpha value is -2.06. The second-order valence-electron chi connectivity index (χ2n) is 6.85. The predicted octanol–water partition coefficient (Wildman–Crippen LogP) is 0.790. The maximum absolute atomic E-state index is 11.1. The van der Waals surface area contributed by atoms with Crippen LogP contribution in [-0.2, 0) is 11.3 Å². The van der Waals surface area contributed by atoms with Crippen molar-refractivity contribution in [3.63, 3.8) is 0 Å². The molecule has 1 aromatic heterocycles. The van der Waals surface area contributed by atoms with Crippen LogP contribution < -0.4 is 16.4 Å². The lowest BCUT2D eigenvalue weighted by Crippen LogP contribution is -2.50. The number of nitrogens with one attached hydrogen (secondary N) is 2. The third kappa shape index (κ3) is 6.68. The summed E-state index contributed by atoms with van der Waals surface area (Å²) >= 11 is 0. The van der Waals surface area contributed by atoms with Crippen LogP contribution in [0.4, 0.5) is 0 Å². The molecule has 0 aromatic carbocycles. The van der Waals surface area contributed by atoms with Crippen molar-refractivity contribution in [2.24, 2.45) is 16.6 Å². The maximum Gasteiger partial charge on any atom is 0.284 e. The van der Waals surface area contributed by atoms with Crippen LogP contribution in [0.1, 0.15) is 37.1 Å². The average molecular weight is 365 g/mol. The summed E-state index contributed by atoms with van der Waals surface area (Å²) in [7, 11) is 0. The summed E-state index contributed by atoms with van der Waals surface area (Å²) in [5, 5.41) is 6.52. The third-order valence-corrected chi connectivity index (χ3v) is 3.99. The number of furan rings is 1. The fourth-order valence-electron chi connectivity index (χ4n) is 2.89. The summed E-state index contributed by atoms with van der Waals surface area (Å²) in [5.74, 6) is 1.50. The zero-order valence-corrected chi connectivity index (χ0v) is 16.0. The van der Waals surface area contributed by atoms with Crippen molar-refractivity contribution in [3.05, 3.63) is 23.7 Å². The minimum absolute atomic E-state index is 0.136. The van der Waals surface area contributed by atoms with Crippen LogP contribution in [0.25, 0.3) is 0 Å². The van der Waals surface area contributed by atoms with E-state index in [-0.39, 0.29) is 11.9 Å². The van der Waals surface area contributed by atoms with Crippen molar-refractivity contribution in [3.8, 4) is 0 Å². The summed E-state index contributed by atoms with van der Waals surface area (Å²) in [4.78, 5) is 18.0. The first-order valence-electron chi connectivity index (χ1n) is 9.22. The molecule has 4 N–H and O–H groups in total. The Labute approximate surface area is 155 Å². The molecule has 1 atom stereocenters. The maximum atomic E-state index is 11.1. The lowest BCUT2D eigenvalue weighted by atomic mass is 10.2. The summed E-state index contributed by atoms with van der Waals surface area (Å²) in [6.07, 6.45) is 0.136. The van der Waals surface area contributed by atoms with Crippen LogP contribution >= 0.6 is 0 Å². The van der Waals surface area contributed by atoms with Crippen molar-refractivity contribution < 1.29 is 13.9 Å². The molecule has 2 heterocycles. The van der Waals surface area contributed by atoms with Gasteiger partial charge in [-0.3, -0.25) is 9.69 Å². The molecular weight excluding hydrogens is 334 g/mol. The predicted molar refractivity (Wildman–Crippen MR) is 101 cm³/mol. The molecule has 8 nitrogen and oxygen atoms in total. The smallest absolute Gasteiger partial charge is 0.284 e. The van der Waals surface area contributed by atoms with Crippen LogP contribution in [0, 0.1) is 5.92 Å². The number of ether oxygens (including phenoxy) is 1. The van der Waals surface area contributed by atoms with Crippen LogP contribution in [0.5, 0.6) is 0 Å². The second-order valence-corrected chi connectivity index (χ2v) is 6.85. The number of nitrogens with two attached hydrogens (primary N) is 1. The standard InChI is InChI=1S/C18H31N5O3/c1-4-20-18(21-9-14-5-6-16(26-14)17(19)24)22-10-15-12-23(7-8-25-15)11-13(2)3/h5-6,13,15H,4,7-12H2,1-3H3,(H2,19,24)(H2,20,21,22). The van der Waals surface area contributed by atoms with Gasteiger partial charge in [0.25, 0.3) is 5.91 Å². The Morgan fingerprint density at radius 3 is 2.88 bits per heavy atom. The quantitative estimate of drug-likeness (QED) is 0.465. The van der Waals surface area contributed by atoms with Crippen molar-refractivity contribution in [2.45, 2.75) is 33.4 Å². The number of rotatable bonds is 8. The van der Waals surface area contributed by atoms with Gasteiger partial charge in [-0.1, -0.05) is 13.8 Å². The molecule has 1 saturated heterocycles.